The Bertz CT molecular complexity index is 1090. The zero-order valence-corrected chi connectivity index (χ0v) is 18.3. The maximum atomic E-state index is 13.7. The van der Waals surface area contributed by atoms with Crippen molar-refractivity contribution in [2.75, 3.05) is 6.61 Å². The molecule has 170 valence electrons. The summed E-state index contributed by atoms with van der Waals surface area (Å²) in [5.41, 5.74) is 0.666. The van der Waals surface area contributed by atoms with Crippen molar-refractivity contribution in [3.63, 3.8) is 0 Å². The number of nitrogens with one attached hydrogen (secondary N) is 1. The average molecular weight is 447 g/mol. The van der Waals surface area contributed by atoms with E-state index in [2.05, 4.69) is 5.32 Å². The molecular formula is C26H26N2O5. The third kappa shape index (κ3) is 3.53. The summed E-state index contributed by atoms with van der Waals surface area (Å²) in [6.07, 6.45) is 3.02. The number of carbonyl (C=O) groups is 3. The van der Waals surface area contributed by atoms with E-state index in [0.29, 0.717) is 6.54 Å². The molecule has 0 saturated carbocycles. The van der Waals surface area contributed by atoms with E-state index < -0.39 is 35.6 Å². The highest BCUT2D eigenvalue weighted by molar-refractivity contribution is 5.99. The van der Waals surface area contributed by atoms with Crippen LogP contribution in [0.3, 0.4) is 0 Å². The summed E-state index contributed by atoms with van der Waals surface area (Å²) in [7, 11) is 0. The Hall–Kier alpha value is -3.45. The predicted molar refractivity (Wildman–Crippen MR) is 119 cm³/mol. The number of esters is 1. The zero-order valence-electron chi connectivity index (χ0n) is 18.3. The Morgan fingerprint density at radius 1 is 1.06 bits per heavy atom. The lowest BCUT2D eigenvalue weighted by atomic mass is 9.74. The molecule has 0 aromatic heterocycles. The van der Waals surface area contributed by atoms with Crippen LogP contribution in [-0.2, 0) is 36.9 Å². The summed E-state index contributed by atoms with van der Waals surface area (Å²) in [5, 5.41) is 2.97. The van der Waals surface area contributed by atoms with Gasteiger partial charge in [0.1, 0.15) is 17.6 Å². The Kier molecular flexibility index (Phi) is 5.50. The van der Waals surface area contributed by atoms with Crippen LogP contribution in [0.5, 0.6) is 0 Å². The van der Waals surface area contributed by atoms with Crippen molar-refractivity contribution in [2.24, 2.45) is 11.8 Å². The predicted octanol–water partition coefficient (Wildman–Crippen LogP) is 2.22. The standard InChI is InChI=1S/C26H26N2O5/c1-2-32-25(31)20-19-13-14-26(33-19)21(20)24(30)28(16-18-11-7-4-8-12-18)22(26)23(29)27-15-17-9-5-3-6-10-17/h3-14,19-22H,2,15-16H2,1H3,(H,27,29)/t19-,20-,21+,22?,26+/m1/s1. The molecule has 3 aliphatic heterocycles. The molecule has 0 radical (unpaired) electrons. The van der Waals surface area contributed by atoms with Gasteiger partial charge in [-0.3, -0.25) is 14.4 Å². The van der Waals surface area contributed by atoms with Crippen LogP contribution in [0.25, 0.3) is 0 Å². The number of hydrogen-bond acceptors (Lipinski definition) is 5. The van der Waals surface area contributed by atoms with Crippen molar-refractivity contribution in [1.29, 1.82) is 0 Å². The molecule has 3 aliphatic rings. The van der Waals surface area contributed by atoms with Gasteiger partial charge in [-0.25, -0.2) is 0 Å². The second kappa shape index (κ2) is 8.48. The fraction of sp³-hybridized carbons (Fsp3) is 0.346. The number of carbonyl (C=O) groups excluding carboxylic acids is 3. The average Bonchev–Trinajstić information content (AvgIpc) is 3.47. The van der Waals surface area contributed by atoms with Crippen LogP contribution in [0, 0.1) is 11.8 Å². The molecule has 2 saturated heterocycles. The summed E-state index contributed by atoms with van der Waals surface area (Å²) >= 11 is 0. The molecule has 5 atom stereocenters. The SMILES string of the molecule is CCOC(=O)[C@H]1[C@H]2C(=O)N(Cc3ccccc3)C(C(=O)NCc3ccccc3)[C@]23C=C[C@H]1O3. The van der Waals surface area contributed by atoms with E-state index in [9.17, 15) is 14.4 Å². The topological polar surface area (TPSA) is 84.9 Å². The van der Waals surface area contributed by atoms with Crippen LogP contribution in [0.15, 0.2) is 72.8 Å². The normalized spacial score (nSPS) is 29.2. The van der Waals surface area contributed by atoms with Crippen LogP contribution in [0.4, 0.5) is 0 Å². The maximum absolute atomic E-state index is 13.7. The largest absolute Gasteiger partial charge is 0.466 e. The molecule has 5 rings (SSSR count). The van der Waals surface area contributed by atoms with Gasteiger partial charge in [0.25, 0.3) is 0 Å². The molecule has 2 amide bonds. The second-order valence-electron chi connectivity index (χ2n) is 8.61. The number of likely N-dealkylation sites (tertiary alicyclic amines) is 1. The molecule has 1 unspecified atom stereocenters. The third-order valence-electron chi connectivity index (χ3n) is 6.69. The lowest BCUT2D eigenvalue weighted by Gasteiger charge is -2.32. The number of benzene rings is 2. The molecule has 3 heterocycles. The minimum absolute atomic E-state index is 0.217. The summed E-state index contributed by atoms with van der Waals surface area (Å²) in [5.74, 6) is -2.57. The highest BCUT2D eigenvalue weighted by Gasteiger charge is 2.73. The molecular weight excluding hydrogens is 420 g/mol. The van der Waals surface area contributed by atoms with Crippen molar-refractivity contribution < 1.29 is 23.9 Å². The number of nitrogens with zero attached hydrogens (tertiary/aromatic N) is 1. The van der Waals surface area contributed by atoms with Crippen molar-refractivity contribution in [3.8, 4) is 0 Å². The smallest absolute Gasteiger partial charge is 0.312 e. The van der Waals surface area contributed by atoms with E-state index in [4.69, 9.17) is 9.47 Å². The number of ether oxygens (including phenoxy) is 2. The summed E-state index contributed by atoms with van der Waals surface area (Å²) < 4.78 is 11.5. The van der Waals surface area contributed by atoms with Crippen LogP contribution in [0.2, 0.25) is 0 Å². The van der Waals surface area contributed by atoms with Crippen LogP contribution >= 0.6 is 0 Å². The van der Waals surface area contributed by atoms with Gasteiger partial charge in [-0.05, 0) is 18.1 Å². The first-order chi connectivity index (χ1) is 16.0. The van der Waals surface area contributed by atoms with Crippen molar-refractivity contribution in [2.45, 2.75) is 37.8 Å². The van der Waals surface area contributed by atoms with E-state index in [0.717, 1.165) is 11.1 Å². The lowest BCUT2D eigenvalue weighted by Crippen LogP contribution is -2.54. The minimum atomic E-state index is -1.19. The molecule has 7 heteroatoms. The van der Waals surface area contributed by atoms with Crippen LogP contribution in [0.1, 0.15) is 18.1 Å². The van der Waals surface area contributed by atoms with Gasteiger partial charge in [-0.2, -0.15) is 0 Å². The first-order valence-electron chi connectivity index (χ1n) is 11.2. The van der Waals surface area contributed by atoms with Gasteiger partial charge in [0.2, 0.25) is 11.8 Å². The first-order valence-corrected chi connectivity index (χ1v) is 11.2. The minimum Gasteiger partial charge on any atom is -0.466 e. The van der Waals surface area contributed by atoms with Gasteiger partial charge >= 0.3 is 5.97 Å². The zero-order chi connectivity index (χ0) is 23.0. The van der Waals surface area contributed by atoms with E-state index in [1.165, 1.54) is 0 Å². The Morgan fingerprint density at radius 2 is 1.73 bits per heavy atom. The molecule has 33 heavy (non-hydrogen) atoms. The molecule has 1 N–H and O–H groups in total. The van der Waals surface area contributed by atoms with E-state index in [-0.39, 0.29) is 25.0 Å². The molecule has 0 aliphatic carbocycles. The van der Waals surface area contributed by atoms with Crippen LogP contribution in [-0.4, -0.2) is 47.0 Å². The third-order valence-corrected chi connectivity index (χ3v) is 6.69. The highest BCUT2D eigenvalue weighted by Crippen LogP contribution is 2.55. The Morgan fingerprint density at radius 3 is 2.39 bits per heavy atom. The highest BCUT2D eigenvalue weighted by atomic mass is 16.6. The summed E-state index contributed by atoms with van der Waals surface area (Å²) in [6, 6.07) is 18.2. The van der Waals surface area contributed by atoms with Gasteiger partial charge < -0.3 is 19.7 Å². The molecule has 2 aromatic carbocycles. The molecule has 2 fully saturated rings. The van der Waals surface area contributed by atoms with Crippen molar-refractivity contribution >= 4 is 17.8 Å². The molecule has 2 aromatic rings. The van der Waals surface area contributed by atoms with Gasteiger partial charge in [-0.15, -0.1) is 0 Å². The number of fused-ring (bicyclic) bond motifs is 1. The van der Waals surface area contributed by atoms with Gasteiger partial charge in [0.15, 0.2) is 0 Å². The quantitative estimate of drug-likeness (QED) is 0.521. The monoisotopic (exact) mass is 446 g/mol. The summed E-state index contributed by atoms with van der Waals surface area (Å²) in [6.45, 7) is 2.53. The Labute approximate surface area is 192 Å². The van der Waals surface area contributed by atoms with E-state index in [1.54, 1.807) is 24.0 Å². The molecule has 1 spiro atoms. The Balaban J connectivity index is 1.48. The van der Waals surface area contributed by atoms with Crippen molar-refractivity contribution in [3.05, 3.63) is 83.9 Å². The number of amides is 2. The van der Waals surface area contributed by atoms with Crippen LogP contribution < -0.4 is 5.32 Å². The first kappa shape index (κ1) is 21.4. The lowest BCUT2D eigenvalue weighted by molar-refractivity contribution is -0.153. The summed E-state index contributed by atoms with van der Waals surface area (Å²) in [4.78, 5) is 41.6. The fourth-order valence-corrected chi connectivity index (χ4v) is 5.31. The van der Waals surface area contributed by atoms with E-state index in [1.807, 2.05) is 60.7 Å². The number of rotatable bonds is 7. The van der Waals surface area contributed by atoms with Gasteiger partial charge in [0, 0.05) is 13.1 Å². The molecule has 2 bridgehead atoms. The van der Waals surface area contributed by atoms with Crippen molar-refractivity contribution in [1.82, 2.24) is 10.2 Å². The fourth-order valence-electron chi connectivity index (χ4n) is 5.31. The van der Waals surface area contributed by atoms with Gasteiger partial charge in [-0.1, -0.05) is 72.8 Å². The maximum Gasteiger partial charge on any atom is 0.312 e. The van der Waals surface area contributed by atoms with E-state index >= 15 is 0 Å². The van der Waals surface area contributed by atoms with Gasteiger partial charge in [0.05, 0.1) is 18.6 Å². The second-order valence-corrected chi connectivity index (χ2v) is 8.61. The molecule has 7 nitrogen and oxygen atoms in total. The number of hydrogen-bond donors (Lipinski definition) is 1.